The van der Waals surface area contributed by atoms with Crippen molar-refractivity contribution in [2.45, 2.75) is 12.8 Å². The van der Waals surface area contributed by atoms with Crippen LogP contribution in [0.3, 0.4) is 0 Å². The third-order valence-electron chi connectivity index (χ3n) is 8.07. The predicted molar refractivity (Wildman–Crippen MR) is 178 cm³/mol. The Labute approximate surface area is 258 Å². The molecule has 0 saturated carbocycles. The summed E-state index contributed by atoms with van der Waals surface area (Å²) < 4.78 is 5.12. The van der Waals surface area contributed by atoms with E-state index in [4.69, 9.17) is 4.74 Å². The minimum Gasteiger partial charge on any atom is -0.465 e. The number of aromatic nitrogens is 2. The highest BCUT2D eigenvalue weighted by Crippen LogP contribution is 2.32. The van der Waals surface area contributed by atoms with E-state index in [2.05, 4.69) is 105 Å². The number of carbonyl (C=O) groups is 1. The van der Waals surface area contributed by atoms with Gasteiger partial charge in [-0.15, -0.1) is 0 Å². The molecule has 0 radical (unpaired) electrons. The molecule has 0 amide bonds. The quantitative estimate of drug-likeness (QED) is 0.143. The fourth-order valence-corrected chi connectivity index (χ4v) is 5.65. The number of rotatable bonds is 11. The zero-order valence-electron chi connectivity index (χ0n) is 25.1. The van der Waals surface area contributed by atoms with Gasteiger partial charge in [0.1, 0.15) is 0 Å². The minimum atomic E-state index is -0.297. The third kappa shape index (κ3) is 7.02. The summed E-state index contributed by atoms with van der Waals surface area (Å²) in [5.74, 6) is 0.397. The van der Waals surface area contributed by atoms with Crippen LogP contribution in [0.5, 0.6) is 0 Å². The molecular weight excluding hydrogens is 546 g/mol. The maximum absolute atomic E-state index is 12.6. The normalized spacial score (nSPS) is 13.0. The summed E-state index contributed by atoms with van der Waals surface area (Å²) in [6, 6.07) is 29.3. The molecule has 1 aromatic heterocycles. The van der Waals surface area contributed by atoms with Crippen LogP contribution in [0, 0.1) is 0 Å². The average molecular weight is 585 g/mol. The molecule has 4 N–H and O–H groups in total. The molecule has 0 atom stereocenters. The third-order valence-corrected chi connectivity index (χ3v) is 8.07. The van der Waals surface area contributed by atoms with Crippen LogP contribution in [0.15, 0.2) is 103 Å². The van der Waals surface area contributed by atoms with Gasteiger partial charge in [0.25, 0.3) is 0 Å². The van der Waals surface area contributed by atoms with Crippen molar-refractivity contribution in [3.05, 3.63) is 120 Å². The van der Waals surface area contributed by atoms with Gasteiger partial charge in [0.15, 0.2) is 5.82 Å². The largest absolute Gasteiger partial charge is 0.465 e. The number of ether oxygens (including phenoxy) is 1. The van der Waals surface area contributed by atoms with E-state index < -0.39 is 0 Å². The van der Waals surface area contributed by atoms with Gasteiger partial charge in [-0.25, -0.2) is 14.8 Å². The summed E-state index contributed by atoms with van der Waals surface area (Å²) in [6.45, 7) is 4.57. The van der Waals surface area contributed by atoms with E-state index in [0.717, 1.165) is 84.3 Å². The van der Waals surface area contributed by atoms with Gasteiger partial charge in [0.2, 0.25) is 0 Å². The fourth-order valence-electron chi connectivity index (χ4n) is 5.65. The van der Waals surface area contributed by atoms with Crippen LogP contribution in [-0.4, -0.2) is 55.8 Å². The number of hydrogen-bond acceptors (Lipinski definition) is 6. The number of fused-ring (bicyclic) bond motifs is 1. The smallest absolute Gasteiger partial charge is 0.338 e. The molecule has 4 aromatic carbocycles. The number of quaternary nitrogens is 1. The van der Waals surface area contributed by atoms with E-state index in [-0.39, 0.29) is 5.97 Å². The van der Waals surface area contributed by atoms with Gasteiger partial charge < -0.3 is 20.7 Å². The number of hydrogen-bond donors (Lipinski definition) is 3. The molecule has 0 bridgehead atoms. The lowest BCUT2D eigenvalue weighted by atomic mass is 9.91. The molecule has 44 heavy (non-hydrogen) atoms. The Bertz CT molecular complexity index is 1750. The van der Waals surface area contributed by atoms with E-state index in [1.807, 2.05) is 24.5 Å². The van der Waals surface area contributed by atoms with Gasteiger partial charge in [-0.1, -0.05) is 66.7 Å². The zero-order valence-corrected chi connectivity index (χ0v) is 25.1. The number of esters is 1. The summed E-state index contributed by atoms with van der Waals surface area (Å²) in [6.07, 6.45) is 7.85. The molecule has 2 heterocycles. The number of benzene rings is 4. The van der Waals surface area contributed by atoms with Crippen LogP contribution in [0.1, 0.15) is 27.9 Å². The lowest BCUT2D eigenvalue weighted by Crippen LogP contribution is -2.84. The zero-order chi connectivity index (χ0) is 30.1. The Morgan fingerprint density at radius 2 is 1.61 bits per heavy atom. The molecular formula is C37H38N5O2+. The first kappa shape index (κ1) is 29.2. The summed E-state index contributed by atoms with van der Waals surface area (Å²) in [5, 5.41) is 11.2. The van der Waals surface area contributed by atoms with Crippen molar-refractivity contribution >= 4 is 28.0 Å². The second-order valence-corrected chi connectivity index (χ2v) is 11.0. The number of nitrogens with one attached hydrogen (secondary N) is 2. The molecule has 7 nitrogen and oxygen atoms in total. The first-order valence-electron chi connectivity index (χ1n) is 15.3. The topological polar surface area (TPSA) is 92.8 Å². The maximum Gasteiger partial charge on any atom is 0.338 e. The van der Waals surface area contributed by atoms with Crippen molar-refractivity contribution in [2.24, 2.45) is 0 Å². The predicted octanol–water partition coefficient (Wildman–Crippen LogP) is 5.35. The highest BCUT2D eigenvalue weighted by atomic mass is 16.5. The van der Waals surface area contributed by atoms with E-state index in [1.165, 1.54) is 18.2 Å². The van der Waals surface area contributed by atoms with Crippen LogP contribution < -0.4 is 16.0 Å². The van der Waals surface area contributed by atoms with Crippen molar-refractivity contribution < 1.29 is 14.8 Å². The Morgan fingerprint density at radius 1 is 0.841 bits per heavy atom. The van der Waals surface area contributed by atoms with E-state index in [0.29, 0.717) is 11.4 Å². The molecule has 222 valence electrons. The Morgan fingerprint density at radius 3 is 2.36 bits per heavy atom. The van der Waals surface area contributed by atoms with Crippen LogP contribution >= 0.6 is 0 Å². The maximum atomic E-state index is 12.6. The standard InChI is InChI=1S/C37H37N5O2/c1-44-37(43)35-22-31-12-11-30(21-32(31)23-34(35)28-14-17-38-18-15-28)27-7-9-29(10-8-27)36-41-24-33(25-42-36)40-20-19-39-16-13-26-5-3-2-4-6-26/h2-12,14,21-25,38-40H,13,15-20H2,1H3/p+1. The molecule has 0 spiro atoms. The summed E-state index contributed by atoms with van der Waals surface area (Å²) in [7, 11) is 1.44. The van der Waals surface area contributed by atoms with Gasteiger partial charge in [0, 0.05) is 25.1 Å². The van der Waals surface area contributed by atoms with Crippen molar-refractivity contribution in [1.29, 1.82) is 0 Å². The summed E-state index contributed by atoms with van der Waals surface area (Å²) >= 11 is 0. The second-order valence-electron chi connectivity index (χ2n) is 11.0. The molecule has 7 heteroatoms. The van der Waals surface area contributed by atoms with Crippen LogP contribution in [-0.2, 0) is 11.2 Å². The first-order chi connectivity index (χ1) is 21.7. The van der Waals surface area contributed by atoms with E-state index >= 15 is 0 Å². The fraction of sp³-hybridized carbons (Fsp3) is 0.216. The van der Waals surface area contributed by atoms with Crippen molar-refractivity contribution in [1.82, 2.24) is 15.3 Å². The molecule has 5 aromatic rings. The monoisotopic (exact) mass is 584 g/mol. The second kappa shape index (κ2) is 14.1. The van der Waals surface area contributed by atoms with Crippen LogP contribution in [0.2, 0.25) is 0 Å². The summed E-state index contributed by atoms with van der Waals surface area (Å²) in [4.78, 5) is 21.8. The lowest BCUT2D eigenvalue weighted by Gasteiger charge is -2.16. The molecule has 0 saturated heterocycles. The molecule has 6 rings (SSSR count). The van der Waals surface area contributed by atoms with Crippen LogP contribution in [0.25, 0.3) is 38.9 Å². The van der Waals surface area contributed by atoms with E-state index in [9.17, 15) is 4.79 Å². The van der Waals surface area contributed by atoms with Crippen molar-refractivity contribution in [3.63, 3.8) is 0 Å². The van der Waals surface area contributed by atoms with E-state index in [1.54, 1.807) is 0 Å². The summed E-state index contributed by atoms with van der Waals surface area (Å²) in [5.41, 5.74) is 8.25. The van der Waals surface area contributed by atoms with Gasteiger partial charge in [-0.3, -0.25) is 0 Å². The molecule has 1 aliphatic rings. The molecule has 0 fully saturated rings. The number of methoxy groups -OCH3 is 1. The number of nitrogens with two attached hydrogens (primary N) is 1. The average Bonchev–Trinajstić information content (AvgIpc) is 3.10. The highest BCUT2D eigenvalue weighted by Gasteiger charge is 2.19. The van der Waals surface area contributed by atoms with Gasteiger partial charge in [-0.2, -0.15) is 0 Å². The van der Waals surface area contributed by atoms with Crippen molar-refractivity contribution in [2.75, 3.05) is 45.2 Å². The molecule has 0 unspecified atom stereocenters. The van der Waals surface area contributed by atoms with Crippen LogP contribution in [0.4, 0.5) is 5.69 Å². The Kier molecular flexibility index (Phi) is 9.35. The Balaban J connectivity index is 1.10. The number of nitrogens with zero attached hydrogens (tertiary/aromatic N) is 2. The number of anilines is 1. The Hall–Kier alpha value is -4.85. The van der Waals surface area contributed by atoms with Gasteiger partial charge >= 0.3 is 5.97 Å². The number of carbonyl (C=O) groups excluding carboxylic acids is 1. The molecule has 1 aliphatic heterocycles. The SMILES string of the molecule is COC(=O)c1cc2ccc(-c3ccc(-c4ncc(NCCNCCc5ccccc5)cn4)cc3)cc2cc1C1=CC[NH2+]CC1. The van der Waals surface area contributed by atoms with Gasteiger partial charge in [-0.05, 0) is 75.8 Å². The lowest BCUT2D eigenvalue weighted by molar-refractivity contribution is -0.646. The highest BCUT2D eigenvalue weighted by molar-refractivity contribution is 6.02. The van der Waals surface area contributed by atoms with Gasteiger partial charge in [0.05, 0.1) is 43.8 Å². The first-order valence-corrected chi connectivity index (χ1v) is 15.3. The minimum absolute atomic E-state index is 0.297. The molecule has 0 aliphatic carbocycles. The van der Waals surface area contributed by atoms with Crippen molar-refractivity contribution in [3.8, 4) is 22.5 Å².